The number of ether oxygens (including phenoxy) is 4. The van der Waals surface area contributed by atoms with Crippen LogP contribution < -0.4 is 0 Å². The second-order valence-electron chi connectivity index (χ2n) is 28.2. The molecule has 0 aliphatic carbocycles. The number of unbranched alkanes of at least 4 members (excludes halogenated alkanes) is 40. The molecule has 0 radical (unpaired) electrons. The van der Waals surface area contributed by atoms with Crippen LogP contribution in [0, 0.1) is 17.8 Å². The molecule has 0 saturated heterocycles. The number of phosphoric ester groups is 2. The highest BCUT2D eigenvalue weighted by atomic mass is 31.2. The number of carbonyl (C=O) groups is 4. The predicted molar refractivity (Wildman–Crippen MR) is 381 cm³/mol. The minimum Gasteiger partial charge on any atom is -0.462 e. The van der Waals surface area contributed by atoms with E-state index < -0.39 is 97.5 Å². The van der Waals surface area contributed by atoms with Crippen LogP contribution in [-0.4, -0.2) is 96.7 Å². The van der Waals surface area contributed by atoms with Gasteiger partial charge in [-0.05, 0) is 43.4 Å². The van der Waals surface area contributed by atoms with E-state index in [1.807, 2.05) is 0 Å². The monoisotopic (exact) mass is 1380 g/mol. The average molecular weight is 1380 g/mol. The number of rotatable bonds is 73. The van der Waals surface area contributed by atoms with E-state index in [1.165, 1.54) is 186 Å². The summed E-state index contributed by atoms with van der Waals surface area (Å²) in [5, 5.41) is 10.6. The van der Waals surface area contributed by atoms with E-state index in [4.69, 9.17) is 37.0 Å². The smallest absolute Gasteiger partial charge is 0.462 e. The van der Waals surface area contributed by atoms with Gasteiger partial charge in [-0.1, -0.05) is 331 Å². The molecule has 558 valence electrons. The van der Waals surface area contributed by atoms with Crippen molar-refractivity contribution in [2.24, 2.45) is 17.8 Å². The van der Waals surface area contributed by atoms with E-state index >= 15 is 0 Å². The highest BCUT2D eigenvalue weighted by molar-refractivity contribution is 7.47. The molecule has 0 aliphatic rings. The molecule has 0 amide bonds. The van der Waals surface area contributed by atoms with Crippen molar-refractivity contribution in [1.82, 2.24) is 0 Å². The minimum atomic E-state index is -4.96. The Kier molecular flexibility index (Phi) is 64.3. The summed E-state index contributed by atoms with van der Waals surface area (Å²) in [5.74, 6) is 0.134. The molecular weight excluding hydrogens is 1230 g/mol. The third-order valence-electron chi connectivity index (χ3n) is 17.7. The molecule has 0 aromatic heterocycles. The highest BCUT2D eigenvalue weighted by Gasteiger charge is 2.30. The molecule has 3 N–H and O–H groups in total. The van der Waals surface area contributed by atoms with Gasteiger partial charge >= 0.3 is 39.5 Å². The van der Waals surface area contributed by atoms with Gasteiger partial charge in [-0.25, -0.2) is 9.13 Å². The van der Waals surface area contributed by atoms with Crippen LogP contribution in [0.15, 0.2) is 0 Å². The van der Waals surface area contributed by atoms with Crippen molar-refractivity contribution in [1.29, 1.82) is 0 Å². The van der Waals surface area contributed by atoms with Gasteiger partial charge in [0, 0.05) is 25.7 Å². The van der Waals surface area contributed by atoms with E-state index in [0.717, 1.165) is 114 Å². The largest absolute Gasteiger partial charge is 0.472 e. The number of carbonyl (C=O) groups excluding carboxylic acids is 4. The molecule has 0 spiro atoms. The van der Waals surface area contributed by atoms with Gasteiger partial charge in [0.05, 0.1) is 26.4 Å². The van der Waals surface area contributed by atoms with Crippen LogP contribution in [0.5, 0.6) is 0 Å². The molecule has 94 heavy (non-hydrogen) atoms. The second kappa shape index (κ2) is 65.7. The molecular formula is C75H146O17P2. The summed E-state index contributed by atoms with van der Waals surface area (Å²) >= 11 is 0. The molecule has 6 atom stereocenters. The summed E-state index contributed by atoms with van der Waals surface area (Å²) in [5.41, 5.74) is 0. The maximum atomic E-state index is 13.1. The standard InChI is InChI=1S/C75H146O17P2/c1-8-10-11-12-13-14-15-16-17-18-19-20-23-30-35-44-51-58-74(79)91-70(62-85-72(77)56-49-42-34-29-24-21-22-27-32-39-46-53-66(3)4)64-89-93(81,82)87-60-69(76)61-88-94(83,84)90-65-71(63-86-73(78)57-50-43-38-37-41-48-55-68(7)9-2)92-75(80)59-52-45-36-31-26-25-28-33-40-47-54-67(5)6/h66-71,76H,8-65H2,1-7H3,(H,81,82)(H,83,84)/t68?,69-,70-,71-/m1/s1. The molecule has 0 rings (SSSR count). The maximum Gasteiger partial charge on any atom is 0.472 e. The normalized spacial score (nSPS) is 14.4. The Hall–Kier alpha value is -1.94. The number of aliphatic hydroxyl groups excluding tert-OH is 1. The van der Waals surface area contributed by atoms with Crippen molar-refractivity contribution in [2.75, 3.05) is 39.6 Å². The number of hydrogen-bond acceptors (Lipinski definition) is 15. The molecule has 0 heterocycles. The van der Waals surface area contributed by atoms with E-state index in [1.54, 1.807) is 0 Å². The van der Waals surface area contributed by atoms with Crippen LogP contribution >= 0.6 is 15.6 Å². The van der Waals surface area contributed by atoms with E-state index in [9.17, 15) is 43.2 Å². The SMILES string of the molecule is CCCCCCCCCCCCCCCCCCCC(=O)O[C@H](COC(=O)CCCCCCCCCCCCCC(C)C)COP(=O)(O)OC[C@@H](O)COP(=O)(O)OC[C@@H](COC(=O)CCCCCCCCC(C)CC)OC(=O)CCCCCCCCCCCCC(C)C. The van der Waals surface area contributed by atoms with Crippen molar-refractivity contribution in [3.05, 3.63) is 0 Å². The zero-order chi connectivity index (χ0) is 69.4. The fourth-order valence-corrected chi connectivity index (χ4v) is 13.0. The molecule has 17 nitrogen and oxygen atoms in total. The van der Waals surface area contributed by atoms with Gasteiger partial charge in [0.1, 0.15) is 19.3 Å². The molecule has 0 aromatic rings. The lowest BCUT2D eigenvalue weighted by Crippen LogP contribution is -2.30. The lowest BCUT2D eigenvalue weighted by atomic mass is 10.00. The van der Waals surface area contributed by atoms with E-state index in [2.05, 4.69) is 48.5 Å². The van der Waals surface area contributed by atoms with Crippen molar-refractivity contribution >= 4 is 39.5 Å². The minimum absolute atomic E-state index is 0.105. The fraction of sp³-hybridized carbons (Fsp3) is 0.947. The Morgan fingerprint density at radius 3 is 0.809 bits per heavy atom. The molecule has 0 fully saturated rings. The van der Waals surface area contributed by atoms with Crippen molar-refractivity contribution in [2.45, 2.75) is 401 Å². The first kappa shape index (κ1) is 92.1. The summed E-state index contributed by atoms with van der Waals surface area (Å²) < 4.78 is 68.5. The van der Waals surface area contributed by atoms with Gasteiger partial charge in [-0.15, -0.1) is 0 Å². The van der Waals surface area contributed by atoms with Gasteiger partial charge in [0.15, 0.2) is 12.2 Å². The number of hydrogen-bond donors (Lipinski definition) is 3. The zero-order valence-corrected chi connectivity index (χ0v) is 63.2. The molecule has 0 bridgehead atoms. The summed E-state index contributed by atoms with van der Waals surface area (Å²) in [6.07, 6.45) is 51.3. The van der Waals surface area contributed by atoms with Crippen LogP contribution in [0.1, 0.15) is 382 Å². The Bertz CT molecular complexity index is 1840. The topological polar surface area (TPSA) is 237 Å². The number of phosphoric acid groups is 2. The van der Waals surface area contributed by atoms with Gasteiger partial charge in [0.2, 0.25) is 0 Å². The lowest BCUT2D eigenvalue weighted by Gasteiger charge is -2.21. The third kappa shape index (κ3) is 67.3. The summed E-state index contributed by atoms with van der Waals surface area (Å²) in [6, 6.07) is 0. The lowest BCUT2D eigenvalue weighted by molar-refractivity contribution is -0.161. The van der Waals surface area contributed by atoms with Crippen molar-refractivity contribution in [3.63, 3.8) is 0 Å². The Morgan fingerprint density at radius 1 is 0.309 bits per heavy atom. The highest BCUT2D eigenvalue weighted by Crippen LogP contribution is 2.45. The molecule has 0 saturated carbocycles. The molecule has 0 aliphatic heterocycles. The summed E-state index contributed by atoms with van der Waals surface area (Å²) in [6.45, 7) is 11.8. The summed E-state index contributed by atoms with van der Waals surface area (Å²) in [4.78, 5) is 72.8. The van der Waals surface area contributed by atoms with Gasteiger partial charge in [-0.2, -0.15) is 0 Å². The first-order chi connectivity index (χ1) is 45.3. The second-order valence-corrected chi connectivity index (χ2v) is 31.1. The maximum absolute atomic E-state index is 13.1. The van der Waals surface area contributed by atoms with Gasteiger partial charge < -0.3 is 33.8 Å². The third-order valence-corrected chi connectivity index (χ3v) is 19.6. The van der Waals surface area contributed by atoms with E-state index in [0.29, 0.717) is 25.7 Å². The quantitative estimate of drug-likeness (QED) is 0.0222. The van der Waals surface area contributed by atoms with Crippen LogP contribution in [-0.2, 0) is 65.4 Å². The molecule has 19 heteroatoms. The van der Waals surface area contributed by atoms with Crippen molar-refractivity contribution < 1.29 is 80.2 Å². The zero-order valence-electron chi connectivity index (χ0n) is 61.4. The number of esters is 4. The molecule has 3 unspecified atom stereocenters. The first-order valence-corrected chi connectivity index (χ1v) is 41.9. The Balaban J connectivity index is 5.26. The average Bonchev–Trinajstić information content (AvgIpc) is 1.74. The van der Waals surface area contributed by atoms with Gasteiger partial charge in [0.25, 0.3) is 0 Å². The van der Waals surface area contributed by atoms with Gasteiger partial charge in [-0.3, -0.25) is 37.3 Å². The summed E-state index contributed by atoms with van der Waals surface area (Å²) in [7, 11) is -9.91. The van der Waals surface area contributed by atoms with Crippen LogP contribution in [0.4, 0.5) is 0 Å². The van der Waals surface area contributed by atoms with Crippen LogP contribution in [0.25, 0.3) is 0 Å². The number of aliphatic hydroxyl groups is 1. The first-order valence-electron chi connectivity index (χ1n) is 38.9. The van der Waals surface area contributed by atoms with Crippen LogP contribution in [0.2, 0.25) is 0 Å². The Labute approximate surface area is 575 Å². The fourth-order valence-electron chi connectivity index (χ4n) is 11.4. The predicted octanol–water partition coefficient (Wildman–Crippen LogP) is 21.8. The van der Waals surface area contributed by atoms with Crippen molar-refractivity contribution in [3.8, 4) is 0 Å². The molecule has 0 aromatic carbocycles. The Morgan fingerprint density at radius 2 is 0.543 bits per heavy atom. The van der Waals surface area contributed by atoms with E-state index in [-0.39, 0.29) is 25.7 Å². The van der Waals surface area contributed by atoms with Crippen LogP contribution in [0.3, 0.4) is 0 Å².